The molecule has 0 aliphatic carbocycles. The first-order valence-electron chi connectivity index (χ1n) is 11.2. The summed E-state index contributed by atoms with van der Waals surface area (Å²) in [6.45, 7) is 22.9. The van der Waals surface area contributed by atoms with Crippen molar-refractivity contribution in [2.45, 2.75) is 113 Å². The van der Waals surface area contributed by atoms with Crippen molar-refractivity contribution >= 4 is 0 Å². The van der Waals surface area contributed by atoms with E-state index < -0.39 is 12.5 Å². The fraction of sp³-hybridized carbons (Fsp3) is 1.00. The van der Waals surface area contributed by atoms with Crippen molar-refractivity contribution in [3.63, 3.8) is 0 Å². The lowest BCUT2D eigenvalue weighted by Gasteiger charge is -2.53. The van der Waals surface area contributed by atoms with Crippen molar-refractivity contribution in [3.05, 3.63) is 0 Å². The molecule has 0 fully saturated rings. The first-order chi connectivity index (χ1) is 12.8. The summed E-state index contributed by atoms with van der Waals surface area (Å²) >= 11 is 0. The lowest BCUT2D eigenvalue weighted by molar-refractivity contribution is -0.191. The SMILES string of the molecule is CCC(N(CC)CC)N(C(CC)N(CC)CC)C(CC)N(C(C)O)C(C)O. The molecule has 0 bridgehead atoms. The first kappa shape index (κ1) is 26.8. The molecule has 0 aromatic rings. The number of hydrogen-bond acceptors (Lipinski definition) is 6. The second-order valence-electron chi connectivity index (χ2n) is 7.27. The maximum absolute atomic E-state index is 10.5. The van der Waals surface area contributed by atoms with Gasteiger partial charge in [0.05, 0.1) is 18.5 Å². The minimum absolute atomic E-state index is 0.0406. The van der Waals surface area contributed by atoms with E-state index in [-0.39, 0.29) is 18.5 Å². The van der Waals surface area contributed by atoms with E-state index in [1.54, 1.807) is 13.8 Å². The van der Waals surface area contributed by atoms with Crippen molar-refractivity contribution in [1.82, 2.24) is 19.6 Å². The van der Waals surface area contributed by atoms with Crippen molar-refractivity contribution in [2.75, 3.05) is 26.2 Å². The molecule has 6 heteroatoms. The molecule has 0 aliphatic heterocycles. The fourth-order valence-electron chi connectivity index (χ4n) is 4.59. The molecule has 0 amide bonds. The van der Waals surface area contributed by atoms with Crippen LogP contribution in [-0.2, 0) is 0 Å². The quantitative estimate of drug-likeness (QED) is 0.420. The predicted octanol–water partition coefficient (Wildman–Crippen LogP) is 3.16. The lowest BCUT2D eigenvalue weighted by atomic mass is 10.1. The fourth-order valence-corrected chi connectivity index (χ4v) is 4.59. The van der Waals surface area contributed by atoms with E-state index in [2.05, 4.69) is 63.2 Å². The number of aliphatic hydroxyl groups excluding tert-OH is 2. The van der Waals surface area contributed by atoms with Gasteiger partial charge in [-0.3, -0.25) is 14.7 Å². The summed E-state index contributed by atoms with van der Waals surface area (Å²) in [6.07, 6.45) is 1.91. The molecular formula is C21H48N4O2. The highest BCUT2D eigenvalue weighted by Crippen LogP contribution is 2.27. The van der Waals surface area contributed by atoms with Crippen LogP contribution in [-0.4, -0.2) is 86.9 Å². The van der Waals surface area contributed by atoms with Gasteiger partial charge in [0, 0.05) is 0 Å². The van der Waals surface area contributed by atoms with Gasteiger partial charge in [-0.05, 0) is 59.3 Å². The molecule has 0 saturated heterocycles. The standard InChI is InChI=1S/C21H48N4O2/c1-10-19(22(13-4)14-5)25(20(11-2)23(15-6)16-7)21(12-3)24(17(8)26)18(9)27/h17-21,26-27H,10-16H2,1-9H3. The zero-order chi connectivity index (χ0) is 21.1. The van der Waals surface area contributed by atoms with Gasteiger partial charge in [0.25, 0.3) is 0 Å². The summed E-state index contributed by atoms with van der Waals surface area (Å²) in [5.41, 5.74) is 0. The second-order valence-corrected chi connectivity index (χ2v) is 7.27. The van der Waals surface area contributed by atoms with Crippen LogP contribution in [0.1, 0.15) is 81.6 Å². The van der Waals surface area contributed by atoms with Crippen molar-refractivity contribution in [2.24, 2.45) is 0 Å². The van der Waals surface area contributed by atoms with Crippen LogP contribution in [0, 0.1) is 0 Å². The number of nitrogens with zero attached hydrogens (tertiary/aromatic N) is 4. The smallest absolute Gasteiger partial charge is 0.107 e. The van der Waals surface area contributed by atoms with Crippen LogP contribution in [0.25, 0.3) is 0 Å². The van der Waals surface area contributed by atoms with Crippen LogP contribution in [0.5, 0.6) is 0 Å². The zero-order valence-electron chi connectivity index (χ0n) is 19.5. The van der Waals surface area contributed by atoms with Crippen LogP contribution in [0.15, 0.2) is 0 Å². The summed E-state index contributed by atoms with van der Waals surface area (Å²) < 4.78 is 0. The van der Waals surface area contributed by atoms with Gasteiger partial charge in [-0.2, -0.15) is 0 Å². The molecule has 0 saturated carbocycles. The highest BCUT2D eigenvalue weighted by molar-refractivity contribution is 4.85. The Morgan fingerprint density at radius 1 is 0.519 bits per heavy atom. The molecule has 0 aromatic heterocycles. The Kier molecular flexibility index (Phi) is 13.7. The van der Waals surface area contributed by atoms with Crippen molar-refractivity contribution in [1.29, 1.82) is 0 Å². The summed E-state index contributed by atoms with van der Waals surface area (Å²) in [5.74, 6) is 0. The van der Waals surface area contributed by atoms with Gasteiger partial charge in [0.1, 0.15) is 12.5 Å². The van der Waals surface area contributed by atoms with Gasteiger partial charge >= 0.3 is 0 Å². The van der Waals surface area contributed by atoms with E-state index >= 15 is 0 Å². The van der Waals surface area contributed by atoms with Crippen LogP contribution in [0.4, 0.5) is 0 Å². The van der Waals surface area contributed by atoms with E-state index in [1.807, 2.05) is 4.90 Å². The van der Waals surface area contributed by atoms with Gasteiger partial charge in [-0.15, -0.1) is 0 Å². The van der Waals surface area contributed by atoms with Crippen LogP contribution in [0.2, 0.25) is 0 Å². The van der Waals surface area contributed by atoms with Gasteiger partial charge in [-0.1, -0.05) is 48.5 Å². The molecule has 0 aromatic carbocycles. The minimum atomic E-state index is -0.708. The highest BCUT2D eigenvalue weighted by Gasteiger charge is 2.39. The minimum Gasteiger partial charge on any atom is -0.379 e. The highest BCUT2D eigenvalue weighted by atomic mass is 16.3. The second kappa shape index (κ2) is 13.9. The molecule has 0 aliphatic rings. The largest absolute Gasteiger partial charge is 0.379 e. The molecule has 2 N–H and O–H groups in total. The van der Waals surface area contributed by atoms with Crippen LogP contribution in [0.3, 0.4) is 0 Å². The average molecular weight is 389 g/mol. The average Bonchev–Trinajstić information content (AvgIpc) is 2.64. The first-order valence-corrected chi connectivity index (χ1v) is 11.2. The summed E-state index contributed by atoms with van der Waals surface area (Å²) in [6, 6.07) is 0. The maximum atomic E-state index is 10.5. The molecule has 164 valence electrons. The Balaban J connectivity index is 6.33. The Hall–Kier alpha value is -0.240. The van der Waals surface area contributed by atoms with Gasteiger partial charge in [-0.25, -0.2) is 4.90 Å². The number of hydrogen-bond donors (Lipinski definition) is 2. The molecule has 0 radical (unpaired) electrons. The Morgan fingerprint density at radius 2 is 0.815 bits per heavy atom. The van der Waals surface area contributed by atoms with Crippen LogP contribution >= 0.6 is 0 Å². The van der Waals surface area contributed by atoms with E-state index in [0.717, 1.165) is 45.4 Å². The van der Waals surface area contributed by atoms with E-state index in [9.17, 15) is 10.2 Å². The maximum Gasteiger partial charge on any atom is 0.107 e. The third-order valence-electron chi connectivity index (χ3n) is 5.80. The molecule has 0 rings (SSSR count). The van der Waals surface area contributed by atoms with E-state index in [1.165, 1.54) is 0 Å². The predicted molar refractivity (Wildman–Crippen MR) is 115 cm³/mol. The van der Waals surface area contributed by atoms with Crippen LogP contribution < -0.4 is 0 Å². The van der Waals surface area contributed by atoms with Gasteiger partial charge in [0.2, 0.25) is 0 Å². The number of rotatable bonds is 15. The summed E-state index contributed by atoms with van der Waals surface area (Å²) in [7, 11) is 0. The molecule has 27 heavy (non-hydrogen) atoms. The normalized spacial score (nSPS) is 18.3. The Bertz CT molecular complexity index is 332. The lowest BCUT2D eigenvalue weighted by Crippen LogP contribution is -2.66. The van der Waals surface area contributed by atoms with E-state index in [0.29, 0.717) is 0 Å². The third-order valence-corrected chi connectivity index (χ3v) is 5.80. The molecule has 5 unspecified atom stereocenters. The monoisotopic (exact) mass is 388 g/mol. The molecular weight excluding hydrogens is 340 g/mol. The van der Waals surface area contributed by atoms with Crippen molar-refractivity contribution in [3.8, 4) is 0 Å². The zero-order valence-corrected chi connectivity index (χ0v) is 19.5. The summed E-state index contributed by atoms with van der Waals surface area (Å²) in [5, 5.41) is 20.9. The Morgan fingerprint density at radius 3 is 1.00 bits per heavy atom. The molecule has 5 atom stereocenters. The van der Waals surface area contributed by atoms with E-state index in [4.69, 9.17) is 0 Å². The van der Waals surface area contributed by atoms with Gasteiger partial charge < -0.3 is 10.2 Å². The number of aliphatic hydroxyl groups is 2. The van der Waals surface area contributed by atoms with Gasteiger partial charge in [0.15, 0.2) is 0 Å². The third kappa shape index (κ3) is 6.94. The molecule has 6 nitrogen and oxygen atoms in total. The molecule has 0 heterocycles. The molecule has 0 spiro atoms. The topological polar surface area (TPSA) is 53.4 Å². The summed E-state index contributed by atoms with van der Waals surface area (Å²) in [4.78, 5) is 9.39. The Labute approximate surface area is 169 Å². The van der Waals surface area contributed by atoms with Crippen molar-refractivity contribution < 1.29 is 10.2 Å².